The maximum absolute atomic E-state index is 5.02. The molecule has 0 aliphatic carbocycles. The van der Waals surface area contributed by atoms with Crippen molar-refractivity contribution in [3.63, 3.8) is 0 Å². The van der Waals surface area contributed by atoms with Crippen molar-refractivity contribution < 1.29 is 4.74 Å². The Bertz CT molecular complexity index is 175. The zero-order valence-corrected chi connectivity index (χ0v) is 11.2. The lowest BCUT2D eigenvalue weighted by Gasteiger charge is -2.36. The van der Waals surface area contributed by atoms with Gasteiger partial charge in [-0.3, -0.25) is 4.90 Å². The van der Waals surface area contributed by atoms with Crippen molar-refractivity contribution in [1.29, 1.82) is 0 Å². The van der Waals surface area contributed by atoms with Crippen molar-refractivity contribution in [3.8, 4) is 0 Å². The first-order valence-electron chi connectivity index (χ1n) is 6.67. The Hall–Kier alpha value is -0.120. The quantitative estimate of drug-likeness (QED) is 0.672. The van der Waals surface area contributed by atoms with Crippen LogP contribution < -0.4 is 5.32 Å². The molecule has 2 atom stereocenters. The van der Waals surface area contributed by atoms with E-state index in [2.05, 4.69) is 24.1 Å². The smallest absolute Gasteiger partial charge is 0.0474 e. The summed E-state index contributed by atoms with van der Waals surface area (Å²) in [6.45, 7) is 10.3. The molecule has 1 aliphatic heterocycles. The number of nitrogens with one attached hydrogen (secondary N) is 1. The molecular weight excluding hydrogens is 200 g/mol. The van der Waals surface area contributed by atoms with Gasteiger partial charge in [-0.1, -0.05) is 6.92 Å². The fraction of sp³-hybridized carbons (Fsp3) is 1.00. The zero-order chi connectivity index (χ0) is 11.8. The summed E-state index contributed by atoms with van der Waals surface area (Å²) in [5, 5.41) is 3.48. The second-order valence-electron chi connectivity index (χ2n) is 5.11. The molecule has 0 aromatic carbocycles. The first-order chi connectivity index (χ1) is 7.74. The normalized spacial score (nSPS) is 27.2. The van der Waals surface area contributed by atoms with Gasteiger partial charge in [-0.2, -0.15) is 0 Å². The van der Waals surface area contributed by atoms with E-state index in [0.717, 1.165) is 38.1 Å². The molecule has 16 heavy (non-hydrogen) atoms. The van der Waals surface area contributed by atoms with E-state index < -0.39 is 0 Å². The van der Waals surface area contributed by atoms with Crippen LogP contribution in [-0.4, -0.2) is 50.8 Å². The standard InChI is InChI=1S/C13H28N2O/c1-12-5-8-15(13(2)11-12)9-7-14-6-4-10-16-3/h12-14H,4-11H2,1-3H3. The number of piperidine rings is 1. The molecule has 0 amide bonds. The van der Waals surface area contributed by atoms with Gasteiger partial charge in [0.25, 0.3) is 0 Å². The Labute approximate surface area is 101 Å². The molecule has 1 saturated heterocycles. The van der Waals surface area contributed by atoms with E-state index in [9.17, 15) is 0 Å². The molecule has 3 nitrogen and oxygen atoms in total. The first-order valence-corrected chi connectivity index (χ1v) is 6.67. The molecule has 96 valence electrons. The average molecular weight is 228 g/mol. The Morgan fingerprint density at radius 2 is 2.12 bits per heavy atom. The molecule has 1 N–H and O–H groups in total. The average Bonchev–Trinajstić information content (AvgIpc) is 2.26. The minimum absolute atomic E-state index is 0.768. The van der Waals surface area contributed by atoms with Crippen molar-refractivity contribution in [2.24, 2.45) is 5.92 Å². The Morgan fingerprint density at radius 1 is 1.31 bits per heavy atom. The van der Waals surface area contributed by atoms with Crippen LogP contribution in [0.3, 0.4) is 0 Å². The van der Waals surface area contributed by atoms with Crippen molar-refractivity contribution in [1.82, 2.24) is 10.2 Å². The van der Waals surface area contributed by atoms with Gasteiger partial charge < -0.3 is 10.1 Å². The summed E-state index contributed by atoms with van der Waals surface area (Å²) in [4.78, 5) is 2.61. The minimum atomic E-state index is 0.768. The summed E-state index contributed by atoms with van der Waals surface area (Å²) >= 11 is 0. The van der Waals surface area contributed by atoms with E-state index in [4.69, 9.17) is 4.74 Å². The van der Waals surface area contributed by atoms with Crippen LogP contribution in [0.1, 0.15) is 33.1 Å². The van der Waals surface area contributed by atoms with Crippen LogP contribution >= 0.6 is 0 Å². The Morgan fingerprint density at radius 3 is 2.81 bits per heavy atom. The number of rotatable bonds is 7. The summed E-state index contributed by atoms with van der Waals surface area (Å²) < 4.78 is 5.02. The SMILES string of the molecule is COCCCNCCN1CCC(C)CC1C. The molecule has 1 aliphatic rings. The van der Waals surface area contributed by atoms with E-state index in [0.29, 0.717) is 0 Å². The van der Waals surface area contributed by atoms with E-state index in [-0.39, 0.29) is 0 Å². The largest absolute Gasteiger partial charge is 0.385 e. The molecule has 0 bridgehead atoms. The topological polar surface area (TPSA) is 24.5 Å². The third-order valence-electron chi connectivity index (χ3n) is 3.55. The maximum Gasteiger partial charge on any atom is 0.0474 e. The van der Waals surface area contributed by atoms with E-state index >= 15 is 0 Å². The molecule has 0 aromatic rings. The van der Waals surface area contributed by atoms with Gasteiger partial charge in [-0.25, -0.2) is 0 Å². The van der Waals surface area contributed by atoms with Crippen LogP contribution in [0, 0.1) is 5.92 Å². The van der Waals surface area contributed by atoms with Gasteiger partial charge in [-0.15, -0.1) is 0 Å². The van der Waals surface area contributed by atoms with Crippen LogP contribution in [0.2, 0.25) is 0 Å². The van der Waals surface area contributed by atoms with E-state index in [1.165, 1.54) is 25.9 Å². The molecule has 1 rings (SSSR count). The van der Waals surface area contributed by atoms with Gasteiger partial charge >= 0.3 is 0 Å². The number of likely N-dealkylation sites (tertiary alicyclic amines) is 1. The van der Waals surface area contributed by atoms with Crippen molar-refractivity contribution >= 4 is 0 Å². The van der Waals surface area contributed by atoms with E-state index in [1.807, 2.05) is 0 Å². The lowest BCUT2D eigenvalue weighted by atomic mass is 9.93. The number of hydrogen-bond donors (Lipinski definition) is 1. The fourth-order valence-electron chi connectivity index (χ4n) is 2.48. The van der Waals surface area contributed by atoms with Crippen LogP contribution in [0.5, 0.6) is 0 Å². The lowest BCUT2D eigenvalue weighted by Crippen LogP contribution is -2.43. The van der Waals surface area contributed by atoms with Crippen LogP contribution in [0.4, 0.5) is 0 Å². The first kappa shape index (κ1) is 13.9. The highest BCUT2D eigenvalue weighted by Crippen LogP contribution is 2.21. The molecule has 0 saturated carbocycles. The maximum atomic E-state index is 5.02. The molecule has 3 heteroatoms. The molecule has 2 unspecified atom stereocenters. The monoisotopic (exact) mass is 228 g/mol. The second-order valence-corrected chi connectivity index (χ2v) is 5.11. The zero-order valence-electron chi connectivity index (χ0n) is 11.2. The summed E-state index contributed by atoms with van der Waals surface area (Å²) in [7, 11) is 1.76. The van der Waals surface area contributed by atoms with Gasteiger partial charge in [0.1, 0.15) is 0 Å². The van der Waals surface area contributed by atoms with Crippen molar-refractivity contribution in [3.05, 3.63) is 0 Å². The third-order valence-corrected chi connectivity index (χ3v) is 3.55. The predicted octanol–water partition coefficient (Wildman–Crippen LogP) is 1.73. The summed E-state index contributed by atoms with van der Waals surface area (Å²) in [5.41, 5.74) is 0. The van der Waals surface area contributed by atoms with Gasteiger partial charge in [-0.05, 0) is 45.2 Å². The molecule has 1 fully saturated rings. The lowest BCUT2D eigenvalue weighted by molar-refractivity contribution is 0.130. The van der Waals surface area contributed by atoms with Gasteiger partial charge in [0.2, 0.25) is 0 Å². The molecular formula is C13H28N2O. The van der Waals surface area contributed by atoms with Gasteiger partial charge in [0.05, 0.1) is 0 Å². The predicted molar refractivity (Wildman–Crippen MR) is 68.8 cm³/mol. The van der Waals surface area contributed by atoms with Gasteiger partial charge in [0, 0.05) is 32.8 Å². The van der Waals surface area contributed by atoms with Crippen molar-refractivity contribution in [2.45, 2.75) is 39.2 Å². The Balaban J connectivity index is 2.00. The van der Waals surface area contributed by atoms with Crippen molar-refractivity contribution in [2.75, 3.05) is 39.9 Å². The summed E-state index contributed by atoms with van der Waals surface area (Å²) in [6.07, 6.45) is 3.85. The van der Waals surface area contributed by atoms with Crippen LogP contribution in [-0.2, 0) is 4.74 Å². The fourth-order valence-corrected chi connectivity index (χ4v) is 2.48. The highest BCUT2D eigenvalue weighted by Gasteiger charge is 2.21. The van der Waals surface area contributed by atoms with E-state index in [1.54, 1.807) is 7.11 Å². The summed E-state index contributed by atoms with van der Waals surface area (Å²) in [5.74, 6) is 0.918. The second kappa shape index (κ2) is 8.04. The van der Waals surface area contributed by atoms with Crippen LogP contribution in [0.25, 0.3) is 0 Å². The highest BCUT2D eigenvalue weighted by molar-refractivity contribution is 4.77. The summed E-state index contributed by atoms with van der Waals surface area (Å²) in [6, 6.07) is 0.768. The molecule has 0 radical (unpaired) electrons. The number of hydrogen-bond acceptors (Lipinski definition) is 3. The number of methoxy groups -OCH3 is 1. The van der Waals surface area contributed by atoms with Gasteiger partial charge in [0.15, 0.2) is 0 Å². The Kier molecular flexibility index (Phi) is 7.01. The van der Waals surface area contributed by atoms with Crippen LogP contribution in [0.15, 0.2) is 0 Å². The third kappa shape index (κ3) is 5.28. The molecule has 0 spiro atoms. The molecule has 1 heterocycles. The number of nitrogens with zero attached hydrogens (tertiary/aromatic N) is 1. The molecule has 0 aromatic heterocycles. The minimum Gasteiger partial charge on any atom is -0.385 e. The highest BCUT2D eigenvalue weighted by atomic mass is 16.5. The number of ether oxygens (including phenoxy) is 1.